The Morgan fingerprint density at radius 3 is 2.63 bits per heavy atom. The van der Waals surface area contributed by atoms with Crippen molar-refractivity contribution < 1.29 is 9.90 Å². The molecule has 19 heavy (non-hydrogen) atoms. The van der Waals surface area contributed by atoms with Crippen LogP contribution in [-0.4, -0.2) is 17.6 Å². The summed E-state index contributed by atoms with van der Waals surface area (Å²) in [5, 5.41) is 9.57. The van der Waals surface area contributed by atoms with Gasteiger partial charge in [0.25, 0.3) is 0 Å². The average molecular weight is 261 g/mol. The van der Waals surface area contributed by atoms with Gasteiger partial charge in [-0.15, -0.1) is 0 Å². The van der Waals surface area contributed by atoms with Gasteiger partial charge in [-0.25, -0.2) is 0 Å². The summed E-state index contributed by atoms with van der Waals surface area (Å²) >= 11 is 0. The minimum atomic E-state index is -0.854. The Kier molecular flexibility index (Phi) is 3.95. The molecule has 0 bridgehead atoms. The molecule has 0 fully saturated rings. The van der Waals surface area contributed by atoms with Gasteiger partial charge in [-0.05, 0) is 48.3 Å². The van der Waals surface area contributed by atoms with Gasteiger partial charge in [-0.3, -0.25) is 4.79 Å². The van der Waals surface area contributed by atoms with Gasteiger partial charge >= 0.3 is 5.97 Å². The zero-order valence-corrected chi connectivity index (χ0v) is 11.8. The molecule has 3 nitrogen and oxygen atoms in total. The molecule has 0 radical (unpaired) electrons. The Hall–Kier alpha value is -1.35. The summed E-state index contributed by atoms with van der Waals surface area (Å²) in [6.45, 7) is 4.06. The Morgan fingerprint density at radius 2 is 2.05 bits per heavy atom. The number of fused-ring (bicyclic) bond motifs is 1. The molecule has 1 aliphatic rings. The number of hydrogen-bond acceptors (Lipinski definition) is 2. The van der Waals surface area contributed by atoms with Crippen LogP contribution in [0.4, 0.5) is 0 Å². The third-order valence-electron chi connectivity index (χ3n) is 4.58. The summed E-state index contributed by atoms with van der Waals surface area (Å²) in [4.78, 5) is 11.7. The predicted octanol–water partition coefficient (Wildman–Crippen LogP) is 2.40. The van der Waals surface area contributed by atoms with Gasteiger partial charge in [0.2, 0.25) is 0 Å². The monoisotopic (exact) mass is 261 g/mol. The molecular formula is C16H23NO2. The van der Waals surface area contributed by atoms with E-state index in [1.807, 2.05) is 13.8 Å². The lowest BCUT2D eigenvalue weighted by molar-refractivity contribution is -0.151. The molecule has 0 aromatic heterocycles. The summed E-state index contributed by atoms with van der Waals surface area (Å²) in [7, 11) is 0. The molecule has 0 aliphatic heterocycles. The summed E-state index contributed by atoms with van der Waals surface area (Å²) in [6.07, 6.45) is 4.00. The number of carboxylic acids is 1. The Balaban J connectivity index is 2.29. The highest BCUT2D eigenvalue weighted by Crippen LogP contribution is 2.33. The molecule has 2 rings (SSSR count). The van der Waals surface area contributed by atoms with Crippen LogP contribution in [0.1, 0.15) is 37.0 Å². The first-order chi connectivity index (χ1) is 8.99. The molecule has 0 spiro atoms. The molecule has 0 saturated carbocycles. The smallest absolute Gasteiger partial charge is 0.311 e. The summed E-state index contributed by atoms with van der Waals surface area (Å²) in [6, 6.07) is 6.40. The van der Waals surface area contributed by atoms with Crippen LogP contribution in [0.3, 0.4) is 0 Å². The molecular weight excluding hydrogens is 238 g/mol. The van der Waals surface area contributed by atoms with E-state index in [-0.39, 0.29) is 12.5 Å². The molecule has 1 atom stereocenters. The second kappa shape index (κ2) is 5.33. The van der Waals surface area contributed by atoms with Crippen molar-refractivity contribution in [1.82, 2.24) is 0 Å². The minimum absolute atomic E-state index is 0.0169. The Labute approximate surface area is 114 Å². The summed E-state index contributed by atoms with van der Waals surface area (Å²) in [5.41, 5.74) is 8.84. The Bertz CT molecular complexity index is 482. The molecule has 1 aliphatic carbocycles. The summed E-state index contributed by atoms with van der Waals surface area (Å²) < 4.78 is 0. The highest BCUT2D eigenvalue weighted by molar-refractivity contribution is 5.75. The van der Waals surface area contributed by atoms with Crippen molar-refractivity contribution in [2.45, 2.75) is 39.5 Å². The van der Waals surface area contributed by atoms with Crippen molar-refractivity contribution in [3.8, 4) is 0 Å². The summed E-state index contributed by atoms with van der Waals surface area (Å²) in [5.74, 6) is -0.770. The zero-order valence-electron chi connectivity index (χ0n) is 11.8. The fraction of sp³-hybridized carbons (Fsp3) is 0.562. The first-order valence-corrected chi connectivity index (χ1v) is 7.04. The number of hydrogen-bond donors (Lipinski definition) is 2. The average Bonchev–Trinajstić information content (AvgIpc) is 2.82. The molecule has 1 aromatic carbocycles. The predicted molar refractivity (Wildman–Crippen MR) is 76.1 cm³/mol. The fourth-order valence-corrected chi connectivity index (χ4v) is 3.02. The number of aliphatic carboxylic acids is 1. The standard InChI is InChI=1S/C16H23NO2/c1-11(2)16(10-17,15(18)19)9-12-6-7-13-4-3-5-14(13)8-12/h6-8,11H,3-5,9-10,17H2,1-2H3,(H,18,19). The van der Waals surface area contributed by atoms with Crippen LogP contribution in [0, 0.1) is 11.3 Å². The van der Waals surface area contributed by atoms with Crippen molar-refractivity contribution in [2.24, 2.45) is 17.1 Å². The van der Waals surface area contributed by atoms with Gasteiger partial charge in [0.1, 0.15) is 0 Å². The van der Waals surface area contributed by atoms with Crippen LogP contribution < -0.4 is 5.73 Å². The van der Waals surface area contributed by atoms with E-state index in [9.17, 15) is 9.90 Å². The van der Waals surface area contributed by atoms with E-state index in [1.165, 1.54) is 17.5 Å². The van der Waals surface area contributed by atoms with Gasteiger partial charge in [0.05, 0.1) is 5.41 Å². The number of carbonyl (C=O) groups is 1. The largest absolute Gasteiger partial charge is 0.481 e. The second-order valence-corrected chi connectivity index (χ2v) is 5.95. The SMILES string of the molecule is CC(C)C(CN)(Cc1ccc2c(c1)CCC2)C(=O)O. The lowest BCUT2D eigenvalue weighted by Crippen LogP contribution is -2.45. The molecule has 3 heteroatoms. The van der Waals surface area contributed by atoms with Crippen molar-refractivity contribution in [3.05, 3.63) is 34.9 Å². The van der Waals surface area contributed by atoms with Gasteiger partial charge in [0, 0.05) is 6.54 Å². The normalized spacial score (nSPS) is 17.3. The van der Waals surface area contributed by atoms with Crippen LogP contribution in [0.15, 0.2) is 18.2 Å². The first-order valence-electron chi connectivity index (χ1n) is 7.04. The van der Waals surface area contributed by atoms with E-state index in [1.54, 1.807) is 0 Å². The minimum Gasteiger partial charge on any atom is -0.481 e. The molecule has 0 amide bonds. The van der Waals surface area contributed by atoms with Crippen molar-refractivity contribution >= 4 is 5.97 Å². The molecule has 0 heterocycles. The van der Waals surface area contributed by atoms with E-state index < -0.39 is 11.4 Å². The Morgan fingerprint density at radius 1 is 1.37 bits per heavy atom. The van der Waals surface area contributed by atoms with Crippen LogP contribution >= 0.6 is 0 Å². The maximum atomic E-state index is 11.7. The van der Waals surface area contributed by atoms with Crippen molar-refractivity contribution in [2.75, 3.05) is 6.54 Å². The maximum absolute atomic E-state index is 11.7. The van der Waals surface area contributed by atoms with Crippen LogP contribution in [0.2, 0.25) is 0 Å². The van der Waals surface area contributed by atoms with Gasteiger partial charge in [0.15, 0.2) is 0 Å². The molecule has 3 N–H and O–H groups in total. The lowest BCUT2D eigenvalue weighted by atomic mass is 9.72. The maximum Gasteiger partial charge on any atom is 0.311 e. The topological polar surface area (TPSA) is 63.3 Å². The third kappa shape index (κ3) is 2.52. The van der Waals surface area contributed by atoms with Crippen LogP contribution in [0.5, 0.6) is 0 Å². The molecule has 1 aromatic rings. The van der Waals surface area contributed by atoms with Gasteiger partial charge in [-0.1, -0.05) is 32.0 Å². The number of nitrogens with two attached hydrogens (primary N) is 1. The highest BCUT2D eigenvalue weighted by Gasteiger charge is 2.40. The first kappa shape index (κ1) is 14.1. The van der Waals surface area contributed by atoms with Crippen LogP contribution in [0.25, 0.3) is 0 Å². The number of benzene rings is 1. The van der Waals surface area contributed by atoms with Crippen molar-refractivity contribution in [1.29, 1.82) is 0 Å². The number of rotatable bonds is 5. The van der Waals surface area contributed by atoms with Gasteiger partial charge < -0.3 is 10.8 Å². The molecule has 0 saturated heterocycles. The highest BCUT2D eigenvalue weighted by atomic mass is 16.4. The quantitative estimate of drug-likeness (QED) is 0.855. The van der Waals surface area contributed by atoms with Gasteiger partial charge in [-0.2, -0.15) is 0 Å². The zero-order chi connectivity index (χ0) is 14.0. The van der Waals surface area contributed by atoms with Crippen molar-refractivity contribution in [3.63, 3.8) is 0 Å². The second-order valence-electron chi connectivity index (χ2n) is 5.95. The molecule has 104 valence electrons. The lowest BCUT2D eigenvalue weighted by Gasteiger charge is -2.32. The van der Waals surface area contributed by atoms with E-state index in [4.69, 9.17) is 5.73 Å². The number of carboxylic acid groups (broad SMARTS) is 1. The number of aryl methyl sites for hydroxylation is 2. The fourth-order valence-electron chi connectivity index (χ4n) is 3.02. The van der Waals surface area contributed by atoms with E-state index in [0.717, 1.165) is 18.4 Å². The van der Waals surface area contributed by atoms with Crippen LogP contribution in [-0.2, 0) is 24.1 Å². The molecule has 1 unspecified atom stereocenters. The van der Waals surface area contributed by atoms with E-state index in [2.05, 4.69) is 18.2 Å². The van der Waals surface area contributed by atoms with E-state index >= 15 is 0 Å². The third-order valence-corrected chi connectivity index (χ3v) is 4.58. The van der Waals surface area contributed by atoms with E-state index in [0.29, 0.717) is 6.42 Å².